The molecule has 0 aliphatic heterocycles. The molecule has 6 atom stereocenters. The summed E-state index contributed by atoms with van der Waals surface area (Å²) >= 11 is 0. The zero-order valence-corrected chi connectivity index (χ0v) is 24.8. The van der Waals surface area contributed by atoms with Crippen molar-refractivity contribution in [1.82, 2.24) is 10.2 Å². The lowest BCUT2D eigenvalue weighted by Crippen LogP contribution is -2.74. The number of aromatic hydroxyl groups is 1. The summed E-state index contributed by atoms with van der Waals surface area (Å²) in [6.07, 6.45) is 0.996. The lowest BCUT2D eigenvalue weighted by Gasteiger charge is -2.52. The van der Waals surface area contributed by atoms with E-state index < -0.39 is 64.4 Å². The van der Waals surface area contributed by atoms with Crippen molar-refractivity contribution in [3.05, 3.63) is 58.7 Å². The number of nitrogens with zero attached hydrogens (tertiary/aromatic N) is 2. The van der Waals surface area contributed by atoms with Crippen molar-refractivity contribution in [3.63, 3.8) is 0 Å². The molecule has 3 aliphatic rings. The topological polar surface area (TPSA) is 170 Å². The number of phenolic OH excluding ortho intramolecular Hbond substituents is 1. The molecule has 0 spiro atoms. The van der Waals surface area contributed by atoms with Crippen LogP contribution in [0.2, 0.25) is 0 Å². The van der Waals surface area contributed by atoms with Crippen LogP contribution in [-0.2, 0) is 38.6 Å². The van der Waals surface area contributed by atoms with Gasteiger partial charge in [-0.2, -0.15) is 0 Å². The predicted molar refractivity (Wildman–Crippen MR) is 158 cm³/mol. The van der Waals surface area contributed by atoms with E-state index >= 15 is 0 Å². The van der Waals surface area contributed by atoms with E-state index in [1.165, 1.54) is 4.90 Å². The van der Waals surface area contributed by atoms with Gasteiger partial charge in [0.05, 0.1) is 17.5 Å². The van der Waals surface area contributed by atoms with Crippen LogP contribution in [0.4, 0.5) is 5.69 Å². The second-order valence-electron chi connectivity index (χ2n) is 12.4. The van der Waals surface area contributed by atoms with Crippen LogP contribution in [0.1, 0.15) is 33.5 Å². The van der Waals surface area contributed by atoms with E-state index in [0.717, 1.165) is 12.0 Å². The van der Waals surface area contributed by atoms with Crippen LogP contribution >= 0.6 is 0 Å². The van der Waals surface area contributed by atoms with Gasteiger partial charge in [0.2, 0.25) is 5.91 Å². The van der Waals surface area contributed by atoms with Crippen molar-refractivity contribution in [1.29, 1.82) is 0 Å². The highest BCUT2D eigenvalue weighted by Crippen LogP contribution is 2.52. The first-order chi connectivity index (χ1) is 20.3. The molecule has 11 nitrogen and oxygen atoms in total. The maximum absolute atomic E-state index is 14.1. The second-order valence-corrected chi connectivity index (χ2v) is 12.4. The van der Waals surface area contributed by atoms with Crippen LogP contribution in [0.25, 0.3) is 0 Å². The Balaban J connectivity index is 1.51. The molecule has 0 saturated heterocycles. The Bertz CT molecular complexity index is 1500. The van der Waals surface area contributed by atoms with Gasteiger partial charge in [0.1, 0.15) is 5.75 Å². The molecule has 0 heterocycles. The van der Waals surface area contributed by atoms with Crippen LogP contribution in [-0.4, -0.2) is 90.5 Å². The number of fused-ring (bicyclic) bond motifs is 3. The maximum atomic E-state index is 14.1. The number of ketones is 4. The molecule has 43 heavy (non-hydrogen) atoms. The predicted octanol–water partition coefficient (Wildman–Crippen LogP) is 0.265. The average molecular weight is 591 g/mol. The fraction of sp³-hybridized carbons (Fsp3) is 0.469. The van der Waals surface area contributed by atoms with E-state index in [1.54, 1.807) is 14.1 Å². The summed E-state index contributed by atoms with van der Waals surface area (Å²) in [5.74, 6) is -10.5. The molecule has 0 radical (unpaired) electrons. The number of benzene rings is 2. The third-order valence-corrected chi connectivity index (χ3v) is 9.35. The van der Waals surface area contributed by atoms with Gasteiger partial charge in [0.25, 0.3) is 0 Å². The van der Waals surface area contributed by atoms with Gasteiger partial charge in [0, 0.05) is 37.8 Å². The first-order valence-corrected chi connectivity index (χ1v) is 14.4. The Labute approximate surface area is 250 Å². The Morgan fingerprint density at radius 3 is 2.35 bits per heavy atom. The van der Waals surface area contributed by atoms with Gasteiger partial charge in [-0.25, -0.2) is 0 Å². The number of phenols is 1. The van der Waals surface area contributed by atoms with E-state index in [-0.39, 0.29) is 30.7 Å². The number of carbonyl (C=O) groups is 5. The molecule has 2 unspecified atom stereocenters. The molecule has 2 fully saturated rings. The number of hydrogen-bond acceptors (Lipinski definition) is 10. The molecule has 1 amide bonds. The van der Waals surface area contributed by atoms with Gasteiger partial charge in [-0.15, -0.1) is 0 Å². The summed E-state index contributed by atoms with van der Waals surface area (Å²) in [5.41, 5.74) is 5.56. The smallest absolute Gasteiger partial charge is 0.235 e. The van der Waals surface area contributed by atoms with Crippen molar-refractivity contribution in [2.75, 3.05) is 39.6 Å². The summed E-state index contributed by atoms with van der Waals surface area (Å²) in [7, 11) is 6.77. The summed E-state index contributed by atoms with van der Waals surface area (Å²) in [4.78, 5) is 70.4. The number of rotatable bonds is 8. The van der Waals surface area contributed by atoms with Crippen LogP contribution in [0, 0.1) is 23.7 Å². The molecule has 5 N–H and O–H groups in total. The number of anilines is 1. The molecule has 2 aromatic rings. The highest BCUT2D eigenvalue weighted by molar-refractivity contribution is 6.32. The minimum Gasteiger partial charge on any atom is -0.507 e. The van der Waals surface area contributed by atoms with E-state index in [4.69, 9.17) is 5.73 Å². The Hall–Kier alpha value is -3.93. The van der Waals surface area contributed by atoms with Crippen molar-refractivity contribution in [2.24, 2.45) is 29.4 Å². The number of carbonyl (C=O) groups excluding carboxylic acids is 5. The number of hydrogen-bond donors (Lipinski definition) is 4. The molecular weight excluding hydrogens is 552 g/mol. The number of primary amides is 1. The van der Waals surface area contributed by atoms with Gasteiger partial charge in [0.15, 0.2) is 34.7 Å². The monoisotopic (exact) mass is 590 g/mol. The standard InChI is InChI=1S/C32H38N4O7/c1-35(2)21-14-18(15-34-11-10-16-8-6-5-7-9-16)26(37)23-19(21)12-17-13-20-25(36(3)4)28(39)24(31(33)42)30(41)32(20,43)29(40)22(17)27(23)38/h5-9,14,17,20,22,24-25,34,37,43H,10-13,15H2,1-4H3,(H2,33,42)/t17-,20-,22?,24?,25-,32-/m1/s1. The number of likely N-dealkylation sites (N-methyl/N-ethyl adjacent to an activating group) is 1. The fourth-order valence-electron chi connectivity index (χ4n) is 7.34. The fourth-order valence-corrected chi connectivity index (χ4v) is 7.34. The molecule has 11 heteroatoms. The number of aliphatic hydroxyl groups is 1. The van der Waals surface area contributed by atoms with E-state index in [1.807, 2.05) is 55.4 Å². The first-order valence-electron chi connectivity index (χ1n) is 14.4. The number of amides is 1. The molecular formula is C32H38N4O7. The number of nitrogens with two attached hydrogens (primary N) is 1. The van der Waals surface area contributed by atoms with Crippen molar-refractivity contribution >= 4 is 34.7 Å². The van der Waals surface area contributed by atoms with Crippen molar-refractivity contribution in [3.8, 4) is 5.75 Å². The summed E-state index contributed by atoms with van der Waals surface area (Å²) < 4.78 is 0. The summed E-state index contributed by atoms with van der Waals surface area (Å²) in [5, 5.41) is 26.5. The summed E-state index contributed by atoms with van der Waals surface area (Å²) in [6.45, 7) is 0.887. The third-order valence-electron chi connectivity index (χ3n) is 9.35. The minimum absolute atomic E-state index is 0.00217. The van der Waals surface area contributed by atoms with Gasteiger partial charge < -0.3 is 26.2 Å². The van der Waals surface area contributed by atoms with E-state index in [9.17, 15) is 34.2 Å². The zero-order valence-electron chi connectivity index (χ0n) is 24.8. The third kappa shape index (κ3) is 4.85. The van der Waals surface area contributed by atoms with Gasteiger partial charge in [-0.1, -0.05) is 30.3 Å². The highest BCUT2D eigenvalue weighted by atomic mass is 16.3. The lowest BCUT2D eigenvalue weighted by molar-refractivity contribution is -0.181. The van der Waals surface area contributed by atoms with Crippen LogP contribution in [0.5, 0.6) is 5.75 Å². The number of nitrogens with one attached hydrogen (secondary N) is 1. The molecule has 2 saturated carbocycles. The molecule has 2 aromatic carbocycles. The normalized spacial score (nSPS) is 28.4. The average Bonchev–Trinajstić information content (AvgIpc) is 2.94. The zero-order chi connectivity index (χ0) is 31.4. The van der Waals surface area contributed by atoms with Gasteiger partial charge in [-0.3, -0.25) is 28.9 Å². The second kappa shape index (κ2) is 11.3. The first kappa shape index (κ1) is 30.5. The van der Waals surface area contributed by atoms with Gasteiger partial charge >= 0.3 is 0 Å². The molecule has 0 bridgehead atoms. The largest absolute Gasteiger partial charge is 0.507 e. The maximum Gasteiger partial charge on any atom is 0.235 e. The summed E-state index contributed by atoms with van der Waals surface area (Å²) in [6, 6.07) is 10.6. The molecule has 3 aliphatic carbocycles. The molecule has 5 rings (SSSR count). The van der Waals surface area contributed by atoms with Crippen LogP contribution in [0.15, 0.2) is 36.4 Å². The minimum atomic E-state index is -2.74. The Kier molecular flexibility index (Phi) is 8.02. The van der Waals surface area contributed by atoms with Crippen LogP contribution in [0.3, 0.4) is 0 Å². The molecule has 0 aromatic heterocycles. The Morgan fingerprint density at radius 1 is 1.07 bits per heavy atom. The Morgan fingerprint density at radius 2 is 1.74 bits per heavy atom. The quantitative estimate of drug-likeness (QED) is 0.247. The molecule has 228 valence electrons. The van der Waals surface area contributed by atoms with E-state index in [0.29, 0.717) is 23.4 Å². The van der Waals surface area contributed by atoms with Crippen molar-refractivity contribution in [2.45, 2.75) is 37.5 Å². The highest BCUT2D eigenvalue weighted by Gasteiger charge is 2.69. The van der Waals surface area contributed by atoms with Gasteiger partial charge in [-0.05, 0) is 63.0 Å². The SMILES string of the molecule is CN(C)c1cc(CNCCc2ccccc2)c(O)c2c1C[C@@H]1C[C@@H]3[C@@H](N(C)C)C(=O)C(C(N)=O)C(=O)[C@]3(O)C(=O)C1C2=O. The van der Waals surface area contributed by atoms with E-state index in [2.05, 4.69) is 5.32 Å². The lowest BCUT2D eigenvalue weighted by atomic mass is 9.52. The van der Waals surface area contributed by atoms with Crippen LogP contribution < -0.4 is 16.0 Å². The number of Topliss-reactive ketones (excluding diaryl/α,β-unsaturated/α-hetero) is 4. The van der Waals surface area contributed by atoms with Crippen molar-refractivity contribution < 1.29 is 34.2 Å².